The molecule has 1 fully saturated rings. The van der Waals surface area contributed by atoms with Crippen LogP contribution in [0.5, 0.6) is 11.5 Å². The van der Waals surface area contributed by atoms with Gasteiger partial charge in [0.15, 0.2) is 0 Å². The van der Waals surface area contributed by atoms with E-state index in [0.29, 0.717) is 12.1 Å². The van der Waals surface area contributed by atoms with Gasteiger partial charge in [0.25, 0.3) is 0 Å². The third-order valence-electron chi connectivity index (χ3n) is 3.96. The lowest BCUT2D eigenvalue weighted by Crippen LogP contribution is -2.51. The minimum absolute atomic E-state index is 0.505. The standard InChI is InChI=1S/C15H20N2O2/c1-18-14-6-3-11(15(7-14)19-2)10-17-12-4-5-13(17)9-16-8-12/h3-7,12-13,16H,8-10H2,1-2H3/t12-,13+. The van der Waals surface area contributed by atoms with Crippen LogP contribution in [0.15, 0.2) is 30.4 Å². The minimum atomic E-state index is 0.505. The van der Waals surface area contributed by atoms with Crippen molar-refractivity contribution in [2.24, 2.45) is 0 Å². The summed E-state index contributed by atoms with van der Waals surface area (Å²) in [4.78, 5) is 2.51. The number of hydrogen-bond acceptors (Lipinski definition) is 4. The Morgan fingerprint density at radius 2 is 1.89 bits per heavy atom. The Balaban J connectivity index is 1.80. The second-order valence-electron chi connectivity index (χ2n) is 5.03. The molecule has 1 aromatic rings. The van der Waals surface area contributed by atoms with E-state index in [-0.39, 0.29) is 0 Å². The van der Waals surface area contributed by atoms with Gasteiger partial charge in [0.1, 0.15) is 11.5 Å². The smallest absolute Gasteiger partial charge is 0.127 e. The summed E-state index contributed by atoms with van der Waals surface area (Å²) in [6, 6.07) is 7.05. The molecule has 1 saturated heterocycles. The molecule has 2 heterocycles. The van der Waals surface area contributed by atoms with Crippen LogP contribution in [0.4, 0.5) is 0 Å². The van der Waals surface area contributed by atoms with Crippen molar-refractivity contribution >= 4 is 0 Å². The summed E-state index contributed by atoms with van der Waals surface area (Å²) in [6.07, 6.45) is 4.61. The van der Waals surface area contributed by atoms with Crippen molar-refractivity contribution in [3.8, 4) is 11.5 Å². The molecule has 102 valence electrons. The van der Waals surface area contributed by atoms with Gasteiger partial charge < -0.3 is 14.8 Å². The van der Waals surface area contributed by atoms with Gasteiger partial charge in [-0.3, -0.25) is 4.90 Å². The SMILES string of the molecule is COc1ccc(CN2[C@@H]3C=C[C@H]2CNC3)c(OC)c1. The van der Waals surface area contributed by atoms with E-state index in [4.69, 9.17) is 9.47 Å². The van der Waals surface area contributed by atoms with Crippen LogP contribution in [-0.2, 0) is 6.54 Å². The molecule has 0 spiro atoms. The zero-order chi connectivity index (χ0) is 13.2. The monoisotopic (exact) mass is 260 g/mol. The first-order chi connectivity index (χ1) is 9.31. The molecule has 4 heteroatoms. The number of rotatable bonds is 4. The fraction of sp³-hybridized carbons (Fsp3) is 0.467. The Bertz CT molecular complexity index is 473. The zero-order valence-corrected chi connectivity index (χ0v) is 11.4. The van der Waals surface area contributed by atoms with Crippen molar-refractivity contribution in [1.29, 1.82) is 0 Å². The van der Waals surface area contributed by atoms with Gasteiger partial charge in [-0.15, -0.1) is 0 Å². The lowest BCUT2D eigenvalue weighted by molar-refractivity contribution is 0.159. The van der Waals surface area contributed by atoms with Crippen LogP contribution in [0.3, 0.4) is 0 Å². The molecular weight excluding hydrogens is 240 g/mol. The van der Waals surface area contributed by atoms with E-state index in [2.05, 4.69) is 28.4 Å². The van der Waals surface area contributed by atoms with Crippen molar-refractivity contribution in [3.63, 3.8) is 0 Å². The Morgan fingerprint density at radius 1 is 1.16 bits per heavy atom. The molecule has 2 atom stereocenters. The largest absolute Gasteiger partial charge is 0.497 e. The molecule has 0 aliphatic carbocycles. The van der Waals surface area contributed by atoms with Gasteiger partial charge in [-0.1, -0.05) is 18.2 Å². The molecule has 0 aromatic heterocycles. The second-order valence-corrected chi connectivity index (χ2v) is 5.03. The first-order valence-corrected chi connectivity index (χ1v) is 6.67. The van der Waals surface area contributed by atoms with Crippen LogP contribution in [0, 0.1) is 0 Å². The third-order valence-corrected chi connectivity index (χ3v) is 3.96. The van der Waals surface area contributed by atoms with E-state index in [1.54, 1.807) is 14.2 Å². The highest BCUT2D eigenvalue weighted by Gasteiger charge is 2.32. The molecule has 19 heavy (non-hydrogen) atoms. The van der Waals surface area contributed by atoms with Crippen LogP contribution in [0.2, 0.25) is 0 Å². The van der Waals surface area contributed by atoms with Gasteiger partial charge in [-0.2, -0.15) is 0 Å². The average molecular weight is 260 g/mol. The van der Waals surface area contributed by atoms with E-state index in [0.717, 1.165) is 31.1 Å². The molecule has 2 aliphatic rings. The summed E-state index contributed by atoms with van der Waals surface area (Å²) in [6.45, 7) is 2.98. The third kappa shape index (κ3) is 2.33. The van der Waals surface area contributed by atoms with Crippen molar-refractivity contribution in [2.75, 3.05) is 27.3 Å². The number of hydrogen-bond donors (Lipinski definition) is 1. The Hall–Kier alpha value is -1.52. The van der Waals surface area contributed by atoms with Crippen LogP contribution in [0.1, 0.15) is 5.56 Å². The molecule has 0 unspecified atom stereocenters. The maximum Gasteiger partial charge on any atom is 0.127 e. The number of fused-ring (bicyclic) bond motifs is 2. The molecule has 0 amide bonds. The number of benzene rings is 1. The number of nitrogens with zero attached hydrogens (tertiary/aromatic N) is 1. The summed E-state index contributed by atoms with van der Waals surface area (Å²) < 4.78 is 10.7. The van der Waals surface area contributed by atoms with E-state index in [9.17, 15) is 0 Å². The molecule has 1 N–H and O–H groups in total. The van der Waals surface area contributed by atoms with Crippen molar-refractivity contribution in [2.45, 2.75) is 18.6 Å². The lowest BCUT2D eigenvalue weighted by Gasteiger charge is -2.35. The second kappa shape index (κ2) is 5.23. The number of methoxy groups -OCH3 is 2. The summed E-state index contributed by atoms with van der Waals surface area (Å²) in [5.74, 6) is 1.74. The van der Waals surface area contributed by atoms with E-state index in [1.807, 2.05) is 12.1 Å². The highest BCUT2D eigenvalue weighted by atomic mass is 16.5. The summed E-state index contributed by atoms with van der Waals surface area (Å²) >= 11 is 0. The fourth-order valence-electron chi connectivity index (χ4n) is 2.89. The van der Waals surface area contributed by atoms with Crippen LogP contribution in [0.25, 0.3) is 0 Å². The first kappa shape index (κ1) is 12.5. The highest BCUT2D eigenvalue weighted by molar-refractivity contribution is 5.41. The Morgan fingerprint density at radius 3 is 2.53 bits per heavy atom. The quantitative estimate of drug-likeness (QED) is 0.830. The molecular formula is C15H20N2O2. The van der Waals surface area contributed by atoms with Gasteiger partial charge in [0, 0.05) is 43.3 Å². The van der Waals surface area contributed by atoms with Crippen molar-refractivity contribution in [3.05, 3.63) is 35.9 Å². The molecule has 2 bridgehead atoms. The molecule has 2 aliphatic heterocycles. The topological polar surface area (TPSA) is 33.7 Å². The van der Waals surface area contributed by atoms with E-state index >= 15 is 0 Å². The van der Waals surface area contributed by atoms with Crippen molar-refractivity contribution < 1.29 is 9.47 Å². The maximum absolute atomic E-state index is 5.48. The normalized spacial score (nSPS) is 25.6. The highest BCUT2D eigenvalue weighted by Crippen LogP contribution is 2.29. The number of ether oxygens (including phenoxy) is 2. The zero-order valence-electron chi connectivity index (χ0n) is 11.4. The molecule has 0 saturated carbocycles. The molecule has 0 radical (unpaired) electrons. The molecule has 3 rings (SSSR count). The van der Waals surface area contributed by atoms with Crippen LogP contribution >= 0.6 is 0 Å². The average Bonchev–Trinajstić information content (AvgIpc) is 2.68. The molecule has 4 nitrogen and oxygen atoms in total. The number of nitrogens with one attached hydrogen (secondary N) is 1. The van der Waals surface area contributed by atoms with Crippen LogP contribution in [-0.4, -0.2) is 44.3 Å². The number of piperazine rings is 1. The van der Waals surface area contributed by atoms with Crippen molar-refractivity contribution in [1.82, 2.24) is 10.2 Å². The fourth-order valence-corrected chi connectivity index (χ4v) is 2.89. The predicted molar refractivity (Wildman–Crippen MR) is 74.7 cm³/mol. The maximum atomic E-state index is 5.48. The summed E-state index contributed by atoms with van der Waals surface area (Å²) in [5, 5.41) is 3.45. The molecule has 1 aromatic carbocycles. The Labute approximate surface area is 114 Å². The predicted octanol–water partition coefficient (Wildman–Crippen LogP) is 1.42. The van der Waals surface area contributed by atoms with E-state index < -0.39 is 0 Å². The summed E-state index contributed by atoms with van der Waals surface area (Å²) in [7, 11) is 3.39. The van der Waals surface area contributed by atoms with Gasteiger partial charge in [-0.25, -0.2) is 0 Å². The van der Waals surface area contributed by atoms with E-state index in [1.165, 1.54) is 5.56 Å². The minimum Gasteiger partial charge on any atom is -0.497 e. The van der Waals surface area contributed by atoms with Gasteiger partial charge in [0.2, 0.25) is 0 Å². The van der Waals surface area contributed by atoms with Crippen LogP contribution < -0.4 is 14.8 Å². The summed E-state index contributed by atoms with van der Waals surface area (Å²) in [5.41, 5.74) is 1.21. The Kier molecular flexibility index (Phi) is 3.44. The first-order valence-electron chi connectivity index (χ1n) is 6.67. The van der Waals surface area contributed by atoms with Gasteiger partial charge in [-0.05, 0) is 6.07 Å². The van der Waals surface area contributed by atoms with Gasteiger partial charge >= 0.3 is 0 Å². The van der Waals surface area contributed by atoms with Gasteiger partial charge in [0.05, 0.1) is 14.2 Å². The lowest BCUT2D eigenvalue weighted by atomic mass is 10.1.